The van der Waals surface area contributed by atoms with E-state index in [2.05, 4.69) is 10.3 Å². The van der Waals surface area contributed by atoms with E-state index in [1.54, 1.807) is 6.20 Å². The van der Waals surface area contributed by atoms with Gasteiger partial charge in [0.25, 0.3) is 5.91 Å². The van der Waals surface area contributed by atoms with E-state index >= 15 is 0 Å². The van der Waals surface area contributed by atoms with Gasteiger partial charge in [-0.25, -0.2) is 0 Å². The van der Waals surface area contributed by atoms with Gasteiger partial charge in [0.1, 0.15) is 0 Å². The molecular formula is C20H24N2O3. The largest absolute Gasteiger partial charge is 0.379 e. The second-order valence-corrected chi connectivity index (χ2v) is 6.39. The van der Waals surface area contributed by atoms with Gasteiger partial charge in [0, 0.05) is 30.0 Å². The van der Waals surface area contributed by atoms with Crippen LogP contribution in [0.2, 0.25) is 0 Å². The van der Waals surface area contributed by atoms with Crippen molar-refractivity contribution in [3.05, 3.63) is 53.7 Å². The highest BCUT2D eigenvalue weighted by molar-refractivity contribution is 5.97. The van der Waals surface area contributed by atoms with Crippen molar-refractivity contribution in [1.29, 1.82) is 0 Å². The van der Waals surface area contributed by atoms with Crippen molar-refractivity contribution in [3.63, 3.8) is 0 Å². The van der Waals surface area contributed by atoms with Crippen molar-refractivity contribution in [2.24, 2.45) is 0 Å². The van der Waals surface area contributed by atoms with Gasteiger partial charge in [0.05, 0.1) is 25.0 Å². The lowest BCUT2D eigenvalue weighted by Gasteiger charge is -2.18. The molecule has 2 aromatic rings. The molecule has 1 amide bonds. The summed E-state index contributed by atoms with van der Waals surface area (Å²) >= 11 is 0. The first kappa shape index (κ1) is 17.6. The lowest BCUT2D eigenvalue weighted by molar-refractivity contribution is 0.0318. The molecule has 0 saturated carbocycles. The fourth-order valence-corrected chi connectivity index (χ4v) is 2.95. The third-order valence-corrected chi connectivity index (χ3v) is 4.37. The Balaban J connectivity index is 1.65. The normalized spacial score (nSPS) is 18.1. The molecule has 1 saturated heterocycles. The van der Waals surface area contributed by atoms with Crippen LogP contribution in [0.15, 0.2) is 42.6 Å². The number of aromatic nitrogens is 1. The summed E-state index contributed by atoms with van der Waals surface area (Å²) < 4.78 is 11.1. The lowest BCUT2D eigenvalue weighted by atomic mass is 9.99. The first-order valence-corrected chi connectivity index (χ1v) is 8.66. The Labute approximate surface area is 148 Å². The summed E-state index contributed by atoms with van der Waals surface area (Å²) in [4.78, 5) is 17.0. The predicted molar refractivity (Wildman–Crippen MR) is 96.5 cm³/mol. The number of pyridine rings is 1. The molecule has 0 unspecified atom stereocenters. The van der Waals surface area contributed by atoms with Gasteiger partial charge in [-0.2, -0.15) is 0 Å². The van der Waals surface area contributed by atoms with Crippen molar-refractivity contribution in [2.45, 2.75) is 32.4 Å². The number of amides is 1. The molecule has 2 heterocycles. The third kappa shape index (κ3) is 4.44. The Morgan fingerprint density at radius 2 is 2.24 bits per heavy atom. The number of rotatable bonds is 6. The average molecular weight is 340 g/mol. The van der Waals surface area contributed by atoms with Gasteiger partial charge in [-0.1, -0.05) is 18.2 Å². The Kier molecular flexibility index (Phi) is 5.79. The Morgan fingerprint density at radius 3 is 2.96 bits per heavy atom. The minimum atomic E-state index is -0.0888. The van der Waals surface area contributed by atoms with Crippen molar-refractivity contribution >= 4 is 5.91 Å². The molecule has 1 aliphatic rings. The zero-order chi connectivity index (χ0) is 17.6. The monoisotopic (exact) mass is 340 g/mol. The third-order valence-electron chi connectivity index (χ3n) is 4.37. The van der Waals surface area contributed by atoms with Crippen molar-refractivity contribution in [3.8, 4) is 11.3 Å². The van der Waals surface area contributed by atoms with Gasteiger partial charge >= 0.3 is 0 Å². The number of carbonyl (C=O) groups excluding carboxylic acids is 1. The summed E-state index contributed by atoms with van der Waals surface area (Å²) in [5.41, 5.74) is 3.43. The van der Waals surface area contributed by atoms with Crippen LogP contribution in [0.4, 0.5) is 0 Å². The molecule has 1 aromatic carbocycles. The number of ether oxygens (including phenoxy) is 2. The molecule has 1 aromatic heterocycles. The molecule has 0 bridgehead atoms. The summed E-state index contributed by atoms with van der Waals surface area (Å²) in [6.45, 7) is 5.79. The van der Waals surface area contributed by atoms with E-state index in [1.807, 2.05) is 50.2 Å². The Hall–Kier alpha value is -2.24. The topological polar surface area (TPSA) is 60.5 Å². The van der Waals surface area contributed by atoms with Crippen molar-refractivity contribution < 1.29 is 14.3 Å². The van der Waals surface area contributed by atoms with Crippen LogP contribution in [-0.4, -0.2) is 42.9 Å². The fraction of sp³-hybridized carbons (Fsp3) is 0.400. The summed E-state index contributed by atoms with van der Waals surface area (Å²) in [6.07, 6.45) is 2.83. The van der Waals surface area contributed by atoms with Crippen LogP contribution in [0, 0.1) is 6.92 Å². The van der Waals surface area contributed by atoms with Crippen LogP contribution < -0.4 is 5.32 Å². The molecule has 25 heavy (non-hydrogen) atoms. The molecule has 0 spiro atoms. The summed E-state index contributed by atoms with van der Waals surface area (Å²) in [7, 11) is 0. The minimum Gasteiger partial charge on any atom is -0.379 e. The summed E-state index contributed by atoms with van der Waals surface area (Å²) in [6, 6.07) is 11.4. The van der Waals surface area contributed by atoms with Gasteiger partial charge in [-0.3, -0.25) is 9.78 Å². The summed E-state index contributed by atoms with van der Waals surface area (Å²) in [5, 5.41) is 3.01. The number of benzene rings is 1. The van der Waals surface area contributed by atoms with E-state index in [4.69, 9.17) is 9.47 Å². The van der Waals surface area contributed by atoms with Gasteiger partial charge in [0.2, 0.25) is 0 Å². The number of hydrogen-bond acceptors (Lipinski definition) is 4. The van der Waals surface area contributed by atoms with Gasteiger partial charge in [-0.15, -0.1) is 0 Å². The highest BCUT2D eigenvalue weighted by atomic mass is 16.5. The van der Waals surface area contributed by atoms with E-state index in [0.717, 1.165) is 29.8 Å². The SMILES string of the molecule is Cc1c(C(=O)N[C@H](C)CO[C@H]2CCOC2)cccc1-c1ccccn1. The van der Waals surface area contributed by atoms with E-state index in [0.29, 0.717) is 18.8 Å². The van der Waals surface area contributed by atoms with Crippen LogP contribution in [0.3, 0.4) is 0 Å². The van der Waals surface area contributed by atoms with Crippen molar-refractivity contribution in [2.75, 3.05) is 19.8 Å². The highest BCUT2D eigenvalue weighted by Crippen LogP contribution is 2.23. The summed E-state index contributed by atoms with van der Waals surface area (Å²) in [5.74, 6) is -0.0888. The molecule has 2 atom stereocenters. The quantitative estimate of drug-likeness (QED) is 0.878. The molecule has 5 nitrogen and oxygen atoms in total. The molecule has 5 heteroatoms. The van der Waals surface area contributed by atoms with Crippen LogP contribution in [0.25, 0.3) is 11.3 Å². The zero-order valence-electron chi connectivity index (χ0n) is 14.7. The number of nitrogens with one attached hydrogen (secondary N) is 1. The molecule has 3 rings (SSSR count). The van der Waals surface area contributed by atoms with Crippen LogP contribution in [0.5, 0.6) is 0 Å². The number of nitrogens with zero attached hydrogens (tertiary/aromatic N) is 1. The minimum absolute atomic E-state index is 0.0639. The van der Waals surface area contributed by atoms with Gasteiger partial charge < -0.3 is 14.8 Å². The first-order valence-electron chi connectivity index (χ1n) is 8.66. The molecular weight excluding hydrogens is 316 g/mol. The Morgan fingerprint density at radius 1 is 1.36 bits per heavy atom. The zero-order valence-corrected chi connectivity index (χ0v) is 14.7. The molecule has 1 N–H and O–H groups in total. The number of carbonyl (C=O) groups is 1. The fourth-order valence-electron chi connectivity index (χ4n) is 2.95. The average Bonchev–Trinajstić information content (AvgIpc) is 3.14. The van der Waals surface area contributed by atoms with E-state index in [-0.39, 0.29) is 18.1 Å². The maximum Gasteiger partial charge on any atom is 0.251 e. The maximum atomic E-state index is 12.6. The van der Waals surface area contributed by atoms with E-state index in [9.17, 15) is 4.79 Å². The highest BCUT2D eigenvalue weighted by Gasteiger charge is 2.19. The molecule has 0 radical (unpaired) electrons. The van der Waals surface area contributed by atoms with Gasteiger partial charge in [0.15, 0.2) is 0 Å². The molecule has 132 valence electrons. The van der Waals surface area contributed by atoms with Crippen LogP contribution in [-0.2, 0) is 9.47 Å². The van der Waals surface area contributed by atoms with E-state index in [1.165, 1.54) is 0 Å². The van der Waals surface area contributed by atoms with Crippen LogP contribution in [0.1, 0.15) is 29.3 Å². The molecule has 0 aliphatic carbocycles. The maximum absolute atomic E-state index is 12.6. The Bertz CT molecular complexity index is 712. The smallest absolute Gasteiger partial charge is 0.251 e. The number of hydrogen-bond donors (Lipinski definition) is 1. The first-order chi connectivity index (χ1) is 12.1. The second-order valence-electron chi connectivity index (χ2n) is 6.39. The standard InChI is InChI=1S/C20H24N2O3/c1-14(12-25-16-9-11-24-13-16)22-20(23)18-7-5-6-17(15(18)2)19-8-3-4-10-21-19/h3-8,10,14,16H,9,11-13H2,1-2H3,(H,22,23)/t14-,16+/m1/s1. The predicted octanol–water partition coefficient (Wildman–Crippen LogP) is 2.98. The molecule has 1 aliphatic heterocycles. The van der Waals surface area contributed by atoms with E-state index < -0.39 is 0 Å². The second kappa shape index (κ2) is 8.23. The van der Waals surface area contributed by atoms with Crippen molar-refractivity contribution in [1.82, 2.24) is 10.3 Å². The van der Waals surface area contributed by atoms with Gasteiger partial charge in [-0.05, 0) is 44.0 Å². The van der Waals surface area contributed by atoms with Crippen LogP contribution >= 0.6 is 0 Å². The lowest BCUT2D eigenvalue weighted by Crippen LogP contribution is -2.37. The molecule has 1 fully saturated rings.